The van der Waals surface area contributed by atoms with Gasteiger partial charge in [-0.25, -0.2) is 9.69 Å². The molecular weight excluding hydrogens is 512 g/mol. The summed E-state index contributed by atoms with van der Waals surface area (Å²) in [6, 6.07) is 7.43. The van der Waals surface area contributed by atoms with Crippen molar-refractivity contribution in [2.24, 2.45) is 0 Å². The molecule has 1 fully saturated rings. The number of amides is 4. The molecule has 0 unspecified atom stereocenters. The number of nitrogens with one attached hydrogen (secondary N) is 1. The zero-order chi connectivity index (χ0) is 17.4. The summed E-state index contributed by atoms with van der Waals surface area (Å²) in [7, 11) is 0. The Bertz CT molecular complexity index is 884. The number of hydrogen-bond donors (Lipinski definition) is 1. The van der Waals surface area contributed by atoms with E-state index in [4.69, 9.17) is 4.42 Å². The summed E-state index contributed by atoms with van der Waals surface area (Å²) in [6.07, 6.45) is 1.28. The van der Waals surface area contributed by atoms with Gasteiger partial charge in [0, 0.05) is 4.47 Å². The zero-order valence-corrected chi connectivity index (χ0v) is 16.4. The van der Waals surface area contributed by atoms with Crippen molar-refractivity contribution in [1.29, 1.82) is 0 Å². The third-order valence-electron chi connectivity index (χ3n) is 3.12. The predicted octanol–water partition coefficient (Wildman–Crippen LogP) is 4.23. The largest absolute Gasteiger partial charge is 0.449 e. The van der Waals surface area contributed by atoms with Crippen LogP contribution in [0.4, 0.5) is 10.5 Å². The molecule has 0 bridgehead atoms. The number of nitrogens with zero attached hydrogens (tertiary/aromatic N) is 1. The van der Waals surface area contributed by atoms with E-state index in [1.807, 2.05) is 0 Å². The van der Waals surface area contributed by atoms with Crippen molar-refractivity contribution < 1.29 is 18.8 Å². The molecule has 9 heteroatoms. The topological polar surface area (TPSA) is 79.6 Å². The van der Waals surface area contributed by atoms with Gasteiger partial charge in [0.05, 0.1) is 10.2 Å². The molecule has 6 nitrogen and oxygen atoms in total. The molecule has 0 atom stereocenters. The number of benzene rings is 1. The first kappa shape index (κ1) is 17.1. The maximum atomic E-state index is 12.6. The van der Waals surface area contributed by atoms with Crippen LogP contribution in [0.1, 0.15) is 5.76 Å². The Balaban J connectivity index is 2.03. The molecule has 0 saturated carbocycles. The van der Waals surface area contributed by atoms with E-state index < -0.39 is 17.8 Å². The molecule has 0 radical (unpaired) electrons. The molecule has 0 aliphatic carbocycles. The average Bonchev–Trinajstić information content (AvgIpc) is 2.82. The molecule has 0 spiro atoms. The molecule has 2 aromatic rings. The van der Waals surface area contributed by atoms with Gasteiger partial charge >= 0.3 is 6.03 Å². The second-order valence-electron chi connectivity index (χ2n) is 4.71. The maximum Gasteiger partial charge on any atom is 0.335 e. The number of rotatable bonds is 2. The Kier molecular flexibility index (Phi) is 4.75. The van der Waals surface area contributed by atoms with Crippen molar-refractivity contribution in [3.8, 4) is 0 Å². The van der Waals surface area contributed by atoms with Gasteiger partial charge in [0.1, 0.15) is 11.3 Å². The van der Waals surface area contributed by atoms with E-state index in [1.54, 1.807) is 30.3 Å². The summed E-state index contributed by atoms with van der Waals surface area (Å²) in [4.78, 5) is 37.7. The molecule has 122 valence electrons. The lowest BCUT2D eigenvalue weighted by molar-refractivity contribution is -0.122. The standard InChI is InChI=1S/C15H7Br3N2O4/c16-7-2-1-3-8(4-7)20-14(22)10(13(21)19-15(20)23)5-9-6-11(17)12(18)24-9/h1-6H,(H,19,21,23)/b10-5+. The second-order valence-corrected chi connectivity index (χ2v) is 7.20. The number of furan rings is 1. The van der Waals surface area contributed by atoms with E-state index >= 15 is 0 Å². The molecular formula is C15H7Br3N2O4. The first-order chi connectivity index (χ1) is 11.4. The third kappa shape index (κ3) is 3.24. The molecule has 1 aromatic heterocycles. The molecule has 4 amide bonds. The molecule has 1 aromatic carbocycles. The second kappa shape index (κ2) is 6.66. The molecule has 1 saturated heterocycles. The van der Waals surface area contributed by atoms with Crippen molar-refractivity contribution in [3.63, 3.8) is 0 Å². The van der Waals surface area contributed by atoms with Crippen LogP contribution in [0.3, 0.4) is 0 Å². The number of imide groups is 2. The van der Waals surface area contributed by atoms with Gasteiger partial charge in [0.15, 0.2) is 4.67 Å². The highest BCUT2D eigenvalue weighted by atomic mass is 79.9. The van der Waals surface area contributed by atoms with Gasteiger partial charge in [-0.05, 0) is 62.2 Å². The number of barbiturate groups is 1. The van der Waals surface area contributed by atoms with Gasteiger partial charge in [-0.15, -0.1) is 0 Å². The predicted molar refractivity (Wildman–Crippen MR) is 97.3 cm³/mol. The zero-order valence-electron chi connectivity index (χ0n) is 11.7. The van der Waals surface area contributed by atoms with Crippen molar-refractivity contribution in [2.75, 3.05) is 4.90 Å². The van der Waals surface area contributed by atoms with E-state index in [0.29, 0.717) is 19.3 Å². The first-order valence-corrected chi connectivity index (χ1v) is 8.86. The van der Waals surface area contributed by atoms with Crippen molar-refractivity contribution in [3.05, 3.63) is 55.3 Å². The van der Waals surface area contributed by atoms with Crippen LogP contribution < -0.4 is 10.2 Å². The number of anilines is 1. The average molecular weight is 519 g/mol. The smallest absolute Gasteiger partial charge is 0.335 e. The van der Waals surface area contributed by atoms with E-state index in [2.05, 4.69) is 53.1 Å². The quantitative estimate of drug-likeness (QED) is 0.476. The summed E-state index contributed by atoms with van der Waals surface area (Å²) in [5, 5.41) is 2.15. The van der Waals surface area contributed by atoms with Gasteiger partial charge in [-0.1, -0.05) is 22.0 Å². The van der Waals surface area contributed by atoms with Crippen LogP contribution in [0.25, 0.3) is 6.08 Å². The highest BCUT2D eigenvalue weighted by molar-refractivity contribution is 9.13. The lowest BCUT2D eigenvalue weighted by Gasteiger charge is -2.26. The third-order valence-corrected chi connectivity index (χ3v) is 5.32. The summed E-state index contributed by atoms with van der Waals surface area (Å²) < 4.78 is 7.11. The van der Waals surface area contributed by atoms with Gasteiger partial charge in [-0.3, -0.25) is 14.9 Å². The Labute approximate surface area is 161 Å². The Morgan fingerprint density at radius 1 is 1.08 bits per heavy atom. The maximum absolute atomic E-state index is 12.6. The van der Waals surface area contributed by atoms with Crippen molar-refractivity contribution in [2.45, 2.75) is 0 Å². The monoisotopic (exact) mass is 516 g/mol. The fourth-order valence-electron chi connectivity index (χ4n) is 2.08. The summed E-state index contributed by atoms with van der Waals surface area (Å²) in [5.41, 5.74) is 0.135. The lowest BCUT2D eigenvalue weighted by atomic mass is 10.1. The van der Waals surface area contributed by atoms with Crippen LogP contribution in [0, 0.1) is 0 Å². The minimum absolute atomic E-state index is 0.205. The van der Waals surface area contributed by atoms with Crippen molar-refractivity contribution >= 4 is 77.4 Å². The number of halogens is 3. The van der Waals surface area contributed by atoms with Crippen LogP contribution in [0.5, 0.6) is 0 Å². The van der Waals surface area contributed by atoms with Gasteiger partial charge in [-0.2, -0.15) is 0 Å². The van der Waals surface area contributed by atoms with Crippen LogP contribution >= 0.6 is 47.8 Å². The summed E-state index contributed by atoms with van der Waals surface area (Å²) in [6.45, 7) is 0. The molecule has 1 N–H and O–H groups in total. The number of hydrogen-bond acceptors (Lipinski definition) is 4. The highest BCUT2D eigenvalue weighted by Crippen LogP contribution is 2.29. The normalized spacial score (nSPS) is 16.7. The van der Waals surface area contributed by atoms with E-state index in [-0.39, 0.29) is 11.3 Å². The van der Waals surface area contributed by atoms with Crippen LogP contribution in [0.2, 0.25) is 0 Å². The highest BCUT2D eigenvalue weighted by Gasteiger charge is 2.37. The fraction of sp³-hybridized carbons (Fsp3) is 0. The molecule has 2 heterocycles. The number of carbonyl (C=O) groups excluding carboxylic acids is 3. The van der Waals surface area contributed by atoms with Crippen molar-refractivity contribution in [1.82, 2.24) is 5.32 Å². The van der Waals surface area contributed by atoms with Gasteiger partial charge in [0.2, 0.25) is 0 Å². The Morgan fingerprint density at radius 3 is 2.46 bits per heavy atom. The Hall–Kier alpha value is -1.71. The SMILES string of the molecule is O=C1NC(=O)N(c2cccc(Br)c2)C(=O)/C1=C/c1cc(Br)c(Br)o1. The first-order valence-electron chi connectivity index (χ1n) is 6.48. The van der Waals surface area contributed by atoms with Crippen LogP contribution in [-0.2, 0) is 9.59 Å². The number of urea groups is 1. The fourth-order valence-corrected chi connectivity index (χ4v) is 3.08. The van der Waals surface area contributed by atoms with Gasteiger partial charge < -0.3 is 4.42 Å². The lowest BCUT2D eigenvalue weighted by Crippen LogP contribution is -2.54. The molecule has 3 rings (SSSR count). The molecule has 24 heavy (non-hydrogen) atoms. The van der Waals surface area contributed by atoms with Crippen LogP contribution in [-0.4, -0.2) is 17.8 Å². The minimum atomic E-state index is -0.804. The van der Waals surface area contributed by atoms with E-state index in [9.17, 15) is 14.4 Å². The van der Waals surface area contributed by atoms with Crippen LogP contribution in [0.15, 0.2) is 53.9 Å². The summed E-state index contributed by atoms with van der Waals surface area (Å²) in [5.74, 6) is -1.22. The minimum Gasteiger partial charge on any atom is -0.449 e. The molecule has 1 aliphatic heterocycles. The van der Waals surface area contributed by atoms with E-state index in [0.717, 1.165) is 4.90 Å². The van der Waals surface area contributed by atoms with Gasteiger partial charge in [0.25, 0.3) is 11.8 Å². The van der Waals surface area contributed by atoms with E-state index in [1.165, 1.54) is 6.08 Å². The number of carbonyl (C=O) groups is 3. The summed E-state index contributed by atoms with van der Waals surface area (Å²) >= 11 is 9.71. The molecule has 1 aliphatic rings. The Morgan fingerprint density at radius 2 is 1.83 bits per heavy atom.